The van der Waals surface area contributed by atoms with Crippen molar-refractivity contribution in [2.45, 2.75) is 33.7 Å². The smallest absolute Gasteiger partial charge is 0.231 e. The molecule has 0 radical (unpaired) electrons. The van der Waals surface area contributed by atoms with Gasteiger partial charge in [-0.3, -0.25) is 0 Å². The van der Waals surface area contributed by atoms with Crippen LogP contribution in [0, 0.1) is 5.92 Å². The third-order valence-corrected chi connectivity index (χ3v) is 2.72. The van der Waals surface area contributed by atoms with Gasteiger partial charge in [0.05, 0.1) is 0 Å². The molecule has 1 aromatic heterocycles. The van der Waals surface area contributed by atoms with Gasteiger partial charge < -0.3 is 15.5 Å². The Labute approximate surface area is 109 Å². The van der Waals surface area contributed by atoms with Crippen molar-refractivity contribution in [2.24, 2.45) is 5.92 Å². The lowest BCUT2D eigenvalue weighted by Gasteiger charge is -2.19. The van der Waals surface area contributed by atoms with E-state index in [1.807, 2.05) is 25.9 Å². The standard InChI is InChI=1S/C12H24N6/c1-7-13-10-15-11(14-9(4)8(2)3)17-12(16-10)18(5)6/h8-9H,7H2,1-6H3,(H2,13,14,15,16,17). The molecule has 18 heavy (non-hydrogen) atoms. The fourth-order valence-electron chi connectivity index (χ4n) is 1.24. The highest BCUT2D eigenvalue weighted by Crippen LogP contribution is 2.14. The largest absolute Gasteiger partial charge is 0.354 e. The van der Waals surface area contributed by atoms with E-state index in [9.17, 15) is 0 Å². The minimum Gasteiger partial charge on any atom is -0.354 e. The van der Waals surface area contributed by atoms with Crippen LogP contribution in [-0.4, -0.2) is 41.6 Å². The van der Waals surface area contributed by atoms with Gasteiger partial charge in [0.1, 0.15) is 0 Å². The molecule has 102 valence electrons. The predicted octanol–water partition coefficient (Wildman–Crippen LogP) is 1.83. The van der Waals surface area contributed by atoms with E-state index in [4.69, 9.17) is 0 Å². The highest BCUT2D eigenvalue weighted by atomic mass is 15.3. The molecule has 0 amide bonds. The number of rotatable bonds is 6. The molecule has 6 nitrogen and oxygen atoms in total. The van der Waals surface area contributed by atoms with E-state index in [1.54, 1.807) is 0 Å². The second-order valence-electron chi connectivity index (χ2n) is 4.88. The molecule has 6 heteroatoms. The molecule has 0 fully saturated rings. The van der Waals surface area contributed by atoms with Crippen LogP contribution >= 0.6 is 0 Å². The highest BCUT2D eigenvalue weighted by Gasteiger charge is 2.12. The van der Waals surface area contributed by atoms with E-state index in [2.05, 4.69) is 46.4 Å². The van der Waals surface area contributed by atoms with Crippen LogP contribution in [0.25, 0.3) is 0 Å². The Morgan fingerprint density at radius 2 is 1.67 bits per heavy atom. The molecule has 1 unspecified atom stereocenters. The zero-order valence-electron chi connectivity index (χ0n) is 12.2. The molecule has 1 heterocycles. The van der Waals surface area contributed by atoms with Crippen LogP contribution in [0.4, 0.5) is 17.8 Å². The Morgan fingerprint density at radius 1 is 1.06 bits per heavy atom. The maximum absolute atomic E-state index is 4.39. The maximum atomic E-state index is 4.39. The molecule has 1 atom stereocenters. The SMILES string of the molecule is CCNc1nc(NC(C)C(C)C)nc(N(C)C)n1. The van der Waals surface area contributed by atoms with Gasteiger partial charge >= 0.3 is 0 Å². The van der Waals surface area contributed by atoms with Gasteiger partial charge in [0, 0.05) is 26.7 Å². The molecule has 0 aliphatic rings. The van der Waals surface area contributed by atoms with Crippen molar-refractivity contribution in [1.82, 2.24) is 15.0 Å². The van der Waals surface area contributed by atoms with E-state index in [0.717, 1.165) is 6.54 Å². The van der Waals surface area contributed by atoms with E-state index in [0.29, 0.717) is 29.8 Å². The summed E-state index contributed by atoms with van der Waals surface area (Å²) in [6, 6.07) is 0.317. The zero-order valence-corrected chi connectivity index (χ0v) is 12.2. The molecule has 0 saturated carbocycles. The molecular weight excluding hydrogens is 228 g/mol. The number of nitrogens with zero attached hydrogens (tertiary/aromatic N) is 4. The van der Waals surface area contributed by atoms with E-state index < -0.39 is 0 Å². The topological polar surface area (TPSA) is 66.0 Å². The first-order valence-corrected chi connectivity index (χ1v) is 6.37. The van der Waals surface area contributed by atoms with Crippen molar-refractivity contribution in [1.29, 1.82) is 0 Å². The normalized spacial score (nSPS) is 12.4. The molecule has 1 aromatic rings. The number of nitrogens with one attached hydrogen (secondary N) is 2. The van der Waals surface area contributed by atoms with Crippen LogP contribution in [0.15, 0.2) is 0 Å². The van der Waals surface area contributed by atoms with Gasteiger partial charge in [0.25, 0.3) is 0 Å². The first-order chi connectivity index (χ1) is 8.43. The van der Waals surface area contributed by atoms with Crippen molar-refractivity contribution >= 4 is 17.8 Å². The summed E-state index contributed by atoms with van der Waals surface area (Å²) in [5, 5.41) is 6.42. The van der Waals surface area contributed by atoms with Crippen molar-refractivity contribution in [3.63, 3.8) is 0 Å². The summed E-state index contributed by atoms with van der Waals surface area (Å²) < 4.78 is 0. The van der Waals surface area contributed by atoms with E-state index in [1.165, 1.54) is 0 Å². The minimum absolute atomic E-state index is 0.317. The molecule has 0 aromatic carbocycles. The lowest BCUT2D eigenvalue weighted by Crippen LogP contribution is -2.24. The van der Waals surface area contributed by atoms with Gasteiger partial charge in [-0.15, -0.1) is 0 Å². The molecule has 0 aliphatic carbocycles. The van der Waals surface area contributed by atoms with Gasteiger partial charge in [-0.1, -0.05) is 13.8 Å². The van der Waals surface area contributed by atoms with Gasteiger partial charge in [-0.05, 0) is 19.8 Å². The Kier molecular flexibility index (Phi) is 5.12. The Morgan fingerprint density at radius 3 is 2.17 bits per heavy atom. The first kappa shape index (κ1) is 14.5. The van der Waals surface area contributed by atoms with Gasteiger partial charge in [-0.25, -0.2) is 0 Å². The second-order valence-corrected chi connectivity index (χ2v) is 4.88. The number of hydrogen-bond donors (Lipinski definition) is 2. The zero-order chi connectivity index (χ0) is 13.7. The maximum Gasteiger partial charge on any atom is 0.231 e. The van der Waals surface area contributed by atoms with E-state index in [-0.39, 0.29) is 0 Å². The lowest BCUT2D eigenvalue weighted by atomic mass is 10.1. The third kappa shape index (κ3) is 4.01. The van der Waals surface area contributed by atoms with Crippen LogP contribution in [0.2, 0.25) is 0 Å². The summed E-state index contributed by atoms with van der Waals surface area (Å²) in [6.07, 6.45) is 0. The third-order valence-electron chi connectivity index (χ3n) is 2.72. The van der Waals surface area contributed by atoms with Crippen molar-refractivity contribution in [2.75, 3.05) is 36.2 Å². The van der Waals surface area contributed by atoms with Gasteiger partial charge in [0.2, 0.25) is 17.8 Å². The van der Waals surface area contributed by atoms with Crippen LogP contribution in [-0.2, 0) is 0 Å². The first-order valence-electron chi connectivity index (χ1n) is 6.37. The quantitative estimate of drug-likeness (QED) is 0.805. The molecule has 0 aliphatic heterocycles. The Hall–Kier alpha value is -1.59. The monoisotopic (exact) mass is 252 g/mol. The van der Waals surface area contributed by atoms with Crippen LogP contribution < -0.4 is 15.5 Å². The van der Waals surface area contributed by atoms with E-state index >= 15 is 0 Å². The van der Waals surface area contributed by atoms with Crippen LogP contribution in [0.1, 0.15) is 27.7 Å². The second kappa shape index (κ2) is 6.37. The Bertz CT molecular complexity index is 377. The average molecular weight is 252 g/mol. The molecule has 0 bridgehead atoms. The summed E-state index contributed by atoms with van der Waals surface area (Å²) in [6.45, 7) is 9.25. The molecule has 0 spiro atoms. The molecule has 0 saturated heterocycles. The fourth-order valence-corrected chi connectivity index (χ4v) is 1.24. The lowest BCUT2D eigenvalue weighted by molar-refractivity contribution is 0.556. The van der Waals surface area contributed by atoms with Crippen molar-refractivity contribution in [3.8, 4) is 0 Å². The summed E-state index contributed by atoms with van der Waals surface area (Å²) in [5.74, 6) is 2.40. The summed E-state index contributed by atoms with van der Waals surface area (Å²) >= 11 is 0. The highest BCUT2D eigenvalue weighted by molar-refractivity contribution is 5.43. The van der Waals surface area contributed by atoms with Crippen molar-refractivity contribution in [3.05, 3.63) is 0 Å². The van der Waals surface area contributed by atoms with Gasteiger partial charge in [-0.2, -0.15) is 15.0 Å². The minimum atomic E-state index is 0.317. The fraction of sp³-hybridized carbons (Fsp3) is 0.750. The van der Waals surface area contributed by atoms with Crippen molar-refractivity contribution < 1.29 is 0 Å². The summed E-state index contributed by atoms with van der Waals surface area (Å²) in [7, 11) is 3.83. The molecule has 1 rings (SSSR count). The average Bonchev–Trinajstić information content (AvgIpc) is 2.28. The van der Waals surface area contributed by atoms with Gasteiger partial charge in [0.15, 0.2) is 0 Å². The molecule has 2 N–H and O–H groups in total. The predicted molar refractivity (Wildman–Crippen MR) is 76.2 cm³/mol. The number of aromatic nitrogens is 3. The summed E-state index contributed by atoms with van der Waals surface area (Å²) in [5.41, 5.74) is 0. The number of anilines is 3. The number of hydrogen-bond acceptors (Lipinski definition) is 6. The summed E-state index contributed by atoms with van der Waals surface area (Å²) in [4.78, 5) is 14.9. The van der Waals surface area contributed by atoms with Crippen LogP contribution in [0.3, 0.4) is 0 Å². The molecular formula is C12H24N6. The Balaban J connectivity index is 2.95. The van der Waals surface area contributed by atoms with Crippen LogP contribution in [0.5, 0.6) is 0 Å².